The second-order valence-corrected chi connectivity index (χ2v) is 12.0. The first-order valence-corrected chi connectivity index (χ1v) is 14.0. The van der Waals surface area contributed by atoms with Gasteiger partial charge < -0.3 is 16.0 Å². The Kier molecular flexibility index (Phi) is 7.82. The molecule has 0 bridgehead atoms. The molecule has 1 fully saturated rings. The number of rotatable bonds is 8. The zero-order chi connectivity index (χ0) is 26.0. The third kappa shape index (κ3) is 5.48. The number of fused-ring (bicyclic) bond motifs is 1. The van der Waals surface area contributed by atoms with Crippen molar-refractivity contribution in [3.8, 4) is 0 Å². The normalized spacial score (nSPS) is 21.0. The van der Waals surface area contributed by atoms with E-state index in [0.29, 0.717) is 6.04 Å². The molecule has 1 aliphatic carbocycles. The van der Waals surface area contributed by atoms with Gasteiger partial charge in [-0.3, -0.25) is 9.59 Å². The fourth-order valence-electron chi connectivity index (χ4n) is 5.21. The number of nitrogens with two attached hydrogens (primary N) is 1. The third-order valence-electron chi connectivity index (χ3n) is 7.08. The van der Waals surface area contributed by atoms with E-state index in [9.17, 15) is 18.0 Å². The molecule has 1 heterocycles. The molecule has 8 nitrogen and oxygen atoms in total. The van der Waals surface area contributed by atoms with Crippen molar-refractivity contribution in [2.75, 3.05) is 13.1 Å². The first kappa shape index (κ1) is 26.3. The fraction of sp³-hybridized carbons (Fsp3) is 0.481. The van der Waals surface area contributed by atoms with Crippen molar-refractivity contribution in [3.05, 3.63) is 64.7 Å². The van der Waals surface area contributed by atoms with Crippen molar-refractivity contribution >= 4 is 21.8 Å². The molecule has 1 aliphatic heterocycles. The molecule has 9 heteroatoms. The quantitative estimate of drug-likeness (QED) is 0.565. The molecule has 2 aromatic rings. The van der Waals surface area contributed by atoms with Crippen LogP contribution in [-0.2, 0) is 32.6 Å². The number of hydrogen-bond donors (Lipinski definition) is 2. The molecule has 2 aliphatic rings. The molecular formula is C27H36N4O4S. The number of benzene rings is 2. The van der Waals surface area contributed by atoms with Gasteiger partial charge in [0, 0.05) is 25.7 Å². The molecule has 1 saturated heterocycles. The summed E-state index contributed by atoms with van der Waals surface area (Å²) in [4.78, 5) is 27.5. The zero-order valence-electron chi connectivity index (χ0n) is 21.2. The highest BCUT2D eigenvalue weighted by atomic mass is 32.2. The van der Waals surface area contributed by atoms with Gasteiger partial charge in [0.1, 0.15) is 6.04 Å². The van der Waals surface area contributed by atoms with Crippen molar-refractivity contribution in [2.45, 2.75) is 76.0 Å². The van der Waals surface area contributed by atoms with Crippen molar-refractivity contribution in [3.63, 3.8) is 0 Å². The van der Waals surface area contributed by atoms with E-state index >= 15 is 0 Å². The molecule has 0 radical (unpaired) electrons. The van der Waals surface area contributed by atoms with E-state index in [0.717, 1.165) is 41.2 Å². The topological polar surface area (TPSA) is 113 Å². The van der Waals surface area contributed by atoms with E-state index in [2.05, 4.69) is 37.4 Å². The minimum Gasteiger partial charge on any atom is -0.370 e. The minimum atomic E-state index is -3.97. The highest BCUT2D eigenvalue weighted by Gasteiger charge is 2.45. The lowest BCUT2D eigenvalue weighted by Gasteiger charge is -2.44. The summed E-state index contributed by atoms with van der Waals surface area (Å²) >= 11 is 0. The van der Waals surface area contributed by atoms with Gasteiger partial charge in [0.05, 0.1) is 17.4 Å². The van der Waals surface area contributed by atoms with Gasteiger partial charge in [-0.05, 0) is 55.0 Å². The average Bonchev–Trinajstić information content (AvgIpc) is 2.83. The van der Waals surface area contributed by atoms with Gasteiger partial charge in [0.15, 0.2) is 0 Å². The number of sulfonamides is 1. The minimum absolute atomic E-state index is 0.106. The van der Waals surface area contributed by atoms with E-state index in [-0.39, 0.29) is 36.4 Å². The summed E-state index contributed by atoms with van der Waals surface area (Å²) in [6, 6.07) is 12.0. The highest BCUT2D eigenvalue weighted by molar-refractivity contribution is 7.89. The number of carbonyl (C=O) groups excluding carboxylic acids is 2. The number of carbonyl (C=O) groups is 2. The Morgan fingerprint density at radius 3 is 2.53 bits per heavy atom. The average molecular weight is 513 g/mol. The van der Waals surface area contributed by atoms with Crippen molar-refractivity contribution in [1.29, 1.82) is 0 Å². The maximum atomic E-state index is 13.8. The Balaban J connectivity index is 1.61. The van der Waals surface area contributed by atoms with Crippen molar-refractivity contribution in [2.24, 2.45) is 5.73 Å². The number of aryl methyl sites for hydroxylation is 2. The predicted octanol–water partition coefficient (Wildman–Crippen LogP) is 2.65. The van der Waals surface area contributed by atoms with E-state index < -0.39 is 22.0 Å². The Morgan fingerprint density at radius 2 is 1.86 bits per heavy atom. The van der Waals surface area contributed by atoms with Crippen LogP contribution in [0.1, 0.15) is 61.4 Å². The lowest BCUT2D eigenvalue weighted by molar-refractivity contribution is -0.144. The maximum Gasteiger partial charge on any atom is 0.243 e. The number of piperazine rings is 1. The van der Waals surface area contributed by atoms with Gasteiger partial charge in [0.25, 0.3) is 0 Å². The zero-order valence-corrected chi connectivity index (χ0v) is 22.1. The lowest BCUT2D eigenvalue weighted by atomic mass is 9.85. The van der Waals surface area contributed by atoms with Crippen molar-refractivity contribution < 1.29 is 18.0 Å². The molecule has 4 rings (SSSR count). The smallest absolute Gasteiger partial charge is 0.243 e. The molecule has 2 atom stereocenters. The van der Waals surface area contributed by atoms with Gasteiger partial charge in [-0.15, -0.1) is 0 Å². The standard InChI is InChI=1S/C27H36N4O4S/c1-18(2)29-17-20-9-12-23-21(15-20)5-4-6-24(23)30-13-14-31(25(27(30)33)16-26(28)32)36(34,35)22-10-7-19(3)8-11-22/h7-12,15,18,24-25,29H,4-6,13-14,16-17H2,1-3H3,(H2,28,32)/t24-,25?/m1/s1. The molecule has 36 heavy (non-hydrogen) atoms. The number of amides is 2. The largest absolute Gasteiger partial charge is 0.370 e. The van der Waals surface area contributed by atoms with Crippen LogP contribution in [0, 0.1) is 6.92 Å². The summed E-state index contributed by atoms with van der Waals surface area (Å²) in [5.74, 6) is -1.07. The number of primary amides is 1. The third-order valence-corrected chi connectivity index (χ3v) is 9.00. The molecular weight excluding hydrogens is 476 g/mol. The molecule has 194 valence electrons. The second-order valence-electron chi connectivity index (χ2n) is 10.1. The molecule has 1 unspecified atom stereocenters. The molecule has 2 aromatic carbocycles. The molecule has 0 spiro atoms. The fourth-order valence-corrected chi connectivity index (χ4v) is 6.78. The first-order chi connectivity index (χ1) is 17.1. The van der Waals surface area contributed by atoms with Crippen LogP contribution in [0.25, 0.3) is 0 Å². The van der Waals surface area contributed by atoms with E-state index in [1.54, 1.807) is 17.0 Å². The van der Waals surface area contributed by atoms with Crippen LogP contribution >= 0.6 is 0 Å². The Hall–Kier alpha value is -2.75. The molecule has 3 N–H and O–H groups in total. The van der Waals surface area contributed by atoms with Crippen LogP contribution in [0.2, 0.25) is 0 Å². The highest BCUT2D eigenvalue weighted by Crippen LogP contribution is 2.37. The monoisotopic (exact) mass is 512 g/mol. The molecule has 0 saturated carbocycles. The Labute approximate surface area is 213 Å². The second kappa shape index (κ2) is 10.7. The summed E-state index contributed by atoms with van der Waals surface area (Å²) in [5.41, 5.74) is 9.95. The number of hydrogen-bond acceptors (Lipinski definition) is 5. The van der Waals surface area contributed by atoms with Crippen LogP contribution in [0.15, 0.2) is 47.4 Å². The van der Waals surface area contributed by atoms with Crippen LogP contribution in [-0.4, -0.2) is 54.6 Å². The van der Waals surface area contributed by atoms with Crippen molar-refractivity contribution in [1.82, 2.24) is 14.5 Å². The lowest BCUT2D eigenvalue weighted by Crippen LogP contribution is -2.60. The van der Waals surface area contributed by atoms with E-state index in [1.807, 2.05) is 6.92 Å². The molecule has 2 amide bonds. The summed E-state index contributed by atoms with van der Waals surface area (Å²) in [6.07, 6.45) is 2.34. The van der Waals surface area contributed by atoms with Gasteiger partial charge in [0.2, 0.25) is 21.8 Å². The van der Waals surface area contributed by atoms with Gasteiger partial charge in [-0.25, -0.2) is 8.42 Å². The summed E-state index contributed by atoms with van der Waals surface area (Å²) in [6.45, 7) is 7.26. The SMILES string of the molecule is Cc1ccc(S(=O)(=O)N2CCN([C@@H]3CCCc4cc(CNC(C)C)ccc43)C(=O)C2CC(N)=O)cc1. The summed E-state index contributed by atoms with van der Waals surface area (Å²) in [5, 5.41) is 3.44. The van der Waals surface area contributed by atoms with Gasteiger partial charge in [-0.2, -0.15) is 4.31 Å². The Bertz CT molecular complexity index is 1230. The van der Waals surface area contributed by atoms with E-state index in [1.165, 1.54) is 23.3 Å². The predicted molar refractivity (Wildman–Crippen MR) is 138 cm³/mol. The Morgan fingerprint density at radius 1 is 1.14 bits per heavy atom. The molecule has 0 aromatic heterocycles. The van der Waals surface area contributed by atoms with Crippen LogP contribution < -0.4 is 11.1 Å². The maximum absolute atomic E-state index is 13.8. The van der Waals surface area contributed by atoms with Gasteiger partial charge >= 0.3 is 0 Å². The number of nitrogens with one attached hydrogen (secondary N) is 1. The van der Waals surface area contributed by atoms with Crippen LogP contribution in [0.4, 0.5) is 0 Å². The first-order valence-electron chi connectivity index (χ1n) is 12.6. The van der Waals surface area contributed by atoms with Crippen LogP contribution in [0.5, 0.6) is 0 Å². The van der Waals surface area contributed by atoms with Gasteiger partial charge in [-0.1, -0.05) is 49.7 Å². The van der Waals surface area contributed by atoms with E-state index in [4.69, 9.17) is 5.73 Å². The number of nitrogens with zero attached hydrogens (tertiary/aromatic N) is 2. The summed E-state index contributed by atoms with van der Waals surface area (Å²) < 4.78 is 28.1. The summed E-state index contributed by atoms with van der Waals surface area (Å²) in [7, 11) is -3.97. The van der Waals surface area contributed by atoms with Crippen LogP contribution in [0.3, 0.4) is 0 Å².